The van der Waals surface area contributed by atoms with E-state index < -0.39 is 6.04 Å². The largest absolute Gasteiger partial charge is 0.460 e. The second-order valence-electron chi connectivity index (χ2n) is 5.26. The second-order valence-corrected chi connectivity index (χ2v) is 5.26. The highest BCUT2D eigenvalue weighted by molar-refractivity contribution is 5.85. The van der Waals surface area contributed by atoms with Crippen molar-refractivity contribution in [1.82, 2.24) is 4.98 Å². The first-order valence-corrected chi connectivity index (χ1v) is 7.25. The first kappa shape index (κ1) is 17.1. The van der Waals surface area contributed by atoms with Crippen LogP contribution in [0.5, 0.6) is 0 Å². The fraction of sp³-hybridized carbons (Fsp3) is 0.167. The molecule has 5 heteroatoms. The van der Waals surface area contributed by atoms with Gasteiger partial charge in [-0.3, -0.25) is 4.79 Å². The van der Waals surface area contributed by atoms with Crippen molar-refractivity contribution < 1.29 is 9.53 Å². The Kier molecular flexibility index (Phi) is 5.79. The number of H-pyrrole nitrogens is 1. The van der Waals surface area contributed by atoms with Crippen molar-refractivity contribution in [2.75, 3.05) is 0 Å². The third-order valence-electron chi connectivity index (χ3n) is 3.64. The predicted octanol–water partition coefficient (Wildman–Crippen LogP) is 3.20. The molecule has 1 aromatic heterocycles. The molecule has 23 heavy (non-hydrogen) atoms. The predicted molar refractivity (Wildman–Crippen MR) is 93.5 cm³/mol. The summed E-state index contributed by atoms with van der Waals surface area (Å²) in [5.74, 6) is -0.380. The molecule has 0 radical (unpaired) electrons. The molecule has 0 aliphatic heterocycles. The van der Waals surface area contributed by atoms with Crippen molar-refractivity contribution >= 4 is 29.3 Å². The maximum absolute atomic E-state index is 12.0. The van der Waals surface area contributed by atoms with Gasteiger partial charge in [0.25, 0.3) is 0 Å². The Balaban J connectivity index is 0.00000192. The number of nitrogens with two attached hydrogens (primary N) is 1. The lowest BCUT2D eigenvalue weighted by Gasteiger charge is -2.11. The van der Waals surface area contributed by atoms with E-state index in [1.807, 2.05) is 60.8 Å². The molecule has 0 aliphatic carbocycles. The SMILES string of the molecule is Cl.NC(Cc1c[nH]c2ccccc12)C(=O)OCc1ccccc1. The number of halogens is 1. The maximum Gasteiger partial charge on any atom is 0.323 e. The van der Waals surface area contributed by atoms with Gasteiger partial charge in [-0.05, 0) is 17.2 Å². The molecule has 0 amide bonds. The van der Waals surface area contributed by atoms with Crippen LogP contribution < -0.4 is 5.73 Å². The number of aromatic amines is 1. The van der Waals surface area contributed by atoms with Crippen LogP contribution in [0.1, 0.15) is 11.1 Å². The molecule has 1 heterocycles. The molecule has 3 rings (SSSR count). The molecule has 0 saturated heterocycles. The third kappa shape index (κ3) is 4.12. The molecule has 0 aliphatic rings. The van der Waals surface area contributed by atoms with Crippen molar-refractivity contribution in [2.45, 2.75) is 19.1 Å². The summed E-state index contributed by atoms with van der Waals surface area (Å²) in [6.07, 6.45) is 2.35. The molecule has 120 valence electrons. The number of aromatic nitrogens is 1. The molecule has 4 nitrogen and oxygen atoms in total. The minimum Gasteiger partial charge on any atom is -0.460 e. The number of para-hydroxylation sites is 1. The van der Waals surface area contributed by atoms with Crippen molar-refractivity contribution in [3.8, 4) is 0 Å². The van der Waals surface area contributed by atoms with Gasteiger partial charge in [0.1, 0.15) is 12.6 Å². The van der Waals surface area contributed by atoms with Crippen LogP contribution in [0.2, 0.25) is 0 Å². The van der Waals surface area contributed by atoms with Crippen LogP contribution in [0, 0.1) is 0 Å². The van der Waals surface area contributed by atoms with Gasteiger partial charge < -0.3 is 15.5 Å². The van der Waals surface area contributed by atoms with Crippen molar-refractivity contribution in [3.63, 3.8) is 0 Å². The van der Waals surface area contributed by atoms with Gasteiger partial charge in [-0.2, -0.15) is 0 Å². The second kappa shape index (κ2) is 7.81. The lowest BCUT2D eigenvalue weighted by atomic mass is 10.1. The minimum atomic E-state index is -0.664. The molecule has 0 spiro atoms. The average molecular weight is 331 g/mol. The molecule has 2 aromatic carbocycles. The van der Waals surface area contributed by atoms with Crippen LogP contribution in [0.25, 0.3) is 10.9 Å². The van der Waals surface area contributed by atoms with Gasteiger partial charge in [-0.25, -0.2) is 0 Å². The molecule has 1 unspecified atom stereocenters. The van der Waals surface area contributed by atoms with E-state index in [0.717, 1.165) is 22.0 Å². The van der Waals surface area contributed by atoms with E-state index in [4.69, 9.17) is 10.5 Å². The number of esters is 1. The van der Waals surface area contributed by atoms with Crippen molar-refractivity contribution in [3.05, 3.63) is 71.9 Å². The van der Waals surface area contributed by atoms with Gasteiger partial charge in [0, 0.05) is 23.5 Å². The number of hydrogen-bond donors (Lipinski definition) is 2. The summed E-state index contributed by atoms with van der Waals surface area (Å²) >= 11 is 0. The van der Waals surface area contributed by atoms with E-state index in [0.29, 0.717) is 6.42 Å². The third-order valence-corrected chi connectivity index (χ3v) is 3.64. The van der Waals surface area contributed by atoms with Gasteiger partial charge in [-0.1, -0.05) is 48.5 Å². The standard InChI is InChI=1S/C18H18N2O2.ClH/c19-16(18(21)22-12-13-6-2-1-3-7-13)10-14-11-20-17-9-5-4-8-15(14)17;/h1-9,11,16,20H,10,12,19H2;1H. The summed E-state index contributed by atoms with van der Waals surface area (Å²) in [7, 11) is 0. The average Bonchev–Trinajstić information content (AvgIpc) is 2.97. The number of hydrogen-bond acceptors (Lipinski definition) is 3. The zero-order valence-electron chi connectivity index (χ0n) is 12.6. The molecule has 3 aromatic rings. The van der Waals surface area contributed by atoms with Gasteiger partial charge in [-0.15, -0.1) is 12.4 Å². The van der Waals surface area contributed by atoms with Gasteiger partial charge >= 0.3 is 5.97 Å². The number of nitrogens with one attached hydrogen (secondary N) is 1. The Morgan fingerprint density at radius 2 is 1.78 bits per heavy atom. The summed E-state index contributed by atoms with van der Waals surface area (Å²) in [4.78, 5) is 15.2. The van der Waals surface area contributed by atoms with Gasteiger partial charge in [0.05, 0.1) is 0 Å². The summed E-state index contributed by atoms with van der Waals surface area (Å²) in [6.45, 7) is 0.251. The summed E-state index contributed by atoms with van der Waals surface area (Å²) in [5, 5.41) is 1.09. The lowest BCUT2D eigenvalue weighted by Crippen LogP contribution is -2.34. The van der Waals surface area contributed by atoms with E-state index in [9.17, 15) is 4.79 Å². The fourth-order valence-corrected chi connectivity index (χ4v) is 2.46. The number of ether oxygens (including phenoxy) is 1. The zero-order chi connectivity index (χ0) is 15.4. The first-order valence-electron chi connectivity index (χ1n) is 7.25. The van der Waals surface area contributed by atoms with Crippen LogP contribution in [0.15, 0.2) is 60.8 Å². The highest BCUT2D eigenvalue weighted by atomic mass is 35.5. The van der Waals surface area contributed by atoms with Crippen LogP contribution in [0.3, 0.4) is 0 Å². The Morgan fingerprint density at radius 1 is 1.09 bits per heavy atom. The smallest absolute Gasteiger partial charge is 0.323 e. The molecule has 0 saturated carbocycles. The van der Waals surface area contributed by atoms with E-state index in [1.165, 1.54) is 0 Å². The van der Waals surface area contributed by atoms with Crippen LogP contribution in [0.4, 0.5) is 0 Å². The Morgan fingerprint density at radius 3 is 2.57 bits per heavy atom. The number of carbonyl (C=O) groups is 1. The summed E-state index contributed by atoms with van der Waals surface area (Å²) in [5.41, 5.74) is 9.00. The molecule has 0 fully saturated rings. The fourth-order valence-electron chi connectivity index (χ4n) is 2.46. The van der Waals surface area contributed by atoms with Crippen molar-refractivity contribution in [2.24, 2.45) is 5.73 Å². The van der Waals surface area contributed by atoms with Crippen LogP contribution in [-0.4, -0.2) is 17.0 Å². The van der Waals surface area contributed by atoms with E-state index >= 15 is 0 Å². The Bertz CT molecular complexity index is 771. The number of benzene rings is 2. The molecular weight excluding hydrogens is 312 g/mol. The lowest BCUT2D eigenvalue weighted by molar-refractivity contribution is -0.146. The highest BCUT2D eigenvalue weighted by Crippen LogP contribution is 2.19. The minimum absolute atomic E-state index is 0. The molecular formula is C18H19ClN2O2. The van der Waals surface area contributed by atoms with E-state index in [-0.39, 0.29) is 25.0 Å². The molecule has 1 atom stereocenters. The normalized spacial score (nSPS) is 11.7. The number of fused-ring (bicyclic) bond motifs is 1. The Labute approximate surface area is 141 Å². The Hall–Kier alpha value is -2.30. The highest BCUT2D eigenvalue weighted by Gasteiger charge is 2.17. The monoisotopic (exact) mass is 330 g/mol. The molecule has 3 N–H and O–H groups in total. The topological polar surface area (TPSA) is 68.1 Å². The van der Waals surface area contributed by atoms with E-state index in [2.05, 4.69) is 4.98 Å². The first-order chi connectivity index (χ1) is 10.7. The molecule has 0 bridgehead atoms. The van der Waals surface area contributed by atoms with E-state index in [1.54, 1.807) is 0 Å². The van der Waals surface area contributed by atoms with Crippen LogP contribution in [-0.2, 0) is 22.6 Å². The van der Waals surface area contributed by atoms with Crippen molar-refractivity contribution in [1.29, 1.82) is 0 Å². The van der Waals surface area contributed by atoms with Gasteiger partial charge in [0.2, 0.25) is 0 Å². The quantitative estimate of drug-likeness (QED) is 0.706. The van der Waals surface area contributed by atoms with Gasteiger partial charge in [0.15, 0.2) is 0 Å². The number of carbonyl (C=O) groups excluding carboxylic acids is 1. The summed E-state index contributed by atoms with van der Waals surface area (Å²) in [6, 6.07) is 16.9. The van der Waals surface area contributed by atoms with Crippen LogP contribution >= 0.6 is 12.4 Å². The number of rotatable bonds is 5. The zero-order valence-corrected chi connectivity index (χ0v) is 13.4. The maximum atomic E-state index is 12.0. The summed E-state index contributed by atoms with van der Waals surface area (Å²) < 4.78 is 5.28.